The molecule has 8 heteroatoms. The Bertz CT molecular complexity index is 796. The van der Waals surface area contributed by atoms with Gasteiger partial charge in [-0.15, -0.1) is 0 Å². The largest absolute Gasteiger partial charge is 0.496 e. The summed E-state index contributed by atoms with van der Waals surface area (Å²) < 4.78 is 40.0. The average molecular weight is 394 g/mol. The molecule has 0 bridgehead atoms. The van der Waals surface area contributed by atoms with Crippen LogP contribution in [0.15, 0.2) is 18.2 Å². The van der Waals surface area contributed by atoms with E-state index in [1.54, 1.807) is 26.8 Å². The van der Waals surface area contributed by atoms with Crippen molar-refractivity contribution in [2.45, 2.75) is 51.1 Å². The first-order valence-electron chi connectivity index (χ1n) is 8.92. The van der Waals surface area contributed by atoms with Gasteiger partial charge < -0.3 is 14.4 Å². The Labute approximate surface area is 163 Å². The number of carbonyl (C=O) groups is 2. The van der Waals surface area contributed by atoms with Crippen molar-refractivity contribution in [3.8, 4) is 11.8 Å². The molecule has 0 spiro atoms. The number of carbonyl (C=O) groups excluding carboxylic acids is 2. The standard InChI is InChI=1S/C20H24F2N2O4/c1-19(2,3)28-18(26)24-10-8-15(20(21,22)12-24)13-5-6-14(16(25)7-9-23)17(11-13)27-4/h5-6,11,15H,7-8,10,12H2,1-4H3. The number of methoxy groups -OCH3 is 1. The zero-order chi connectivity index (χ0) is 21.1. The maximum atomic E-state index is 14.8. The molecule has 1 atom stereocenters. The van der Waals surface area contributed by atoms with E-state index in [0.29, 0.717) is 5.56 Å². The molecule has 0 radical (unpaired) electrons. The van der Waals surface area contributed by atoms with Crippen LogP contribution < -0.4 is 4.74 Å². The number of hydrogen-bond acceptors (Lipinski definition) is 5. The van der Waals surface area contributed by atoms with Crippen molar-refractivity contribution < 1.29 is 27.8 Å². The molecule has 0 aromatic heterocycles. The molecule has 1 fully saturated rings. The third-order valence-electron chi connectivity index (χ3n) is 4.42. The summed E-state index contributed by atoms with van der Waals surface area (Å²) in [5.74, 6) is -4.57. The van der Waals surface area contributed by atoms with Gasteiger partial charge in [-0.05, 0) is 44.9 Å². The fraction of sp³-hybridized carbons (Fsp3) is 0.550. The smallest absolute Gasteiger partial charge is 0.410 e. The first-order chi connectivity index (χ1) is 13.0. The molecule has 1 aliphatic heterocycles. The number of hydrogen-bond donors (Lipinski definition) is 0. The Morgan fingerprint density at radius 2 is 2.04 bits per heavy atom. The van der Waals surface area contributed by atoms with Crippen molar-refractivity contribution >= 4 is 11.9 Å². The van der Waals surface area contributed by atoms with Crippen LogP contribution in [0.1, 0.15) is 55.5 Å². The maximum absolute atomic E-state index is 14.8. The summed E-state index contributed by atoms with van der Waals surface area (Å²) in [7, 11) is 1.34. The summed E-state index contributed by atoms with van der Waals surface area (Å²) in [5.41, 5.74) is -0.260. The highest BCUT2D eigenvalue weighted by atomic mass is 19.3. The molecule has 0 saturated carbocycles. The third kappa shape index (κ3) is 4.97. The minimum absolute atomic E-state index is 0.0425. The highest BCUT2D eigenvalue weighted by Crippen LogP contribution is 2.42. The van der Waals surface area contributed by atoms with Crippen LogP contribution >= 0.6 is 0 Å². The van der Waals surface area contributed by atoms with E-state index in [1.807, 2.05) is 0 Å². The number of benzene rings is 1. The monoisotopic (exact) mass is 394 g/mol. The first kappa shape index (κ1) is 21.6. The van der Waals surface area contributed by atoms with Crippen LogP contribution in [0.4, 0.5) is 13.6 Å². The Kier molecular flexibility index (Phi) is 6.27. The fourth-order valence-corrected chi connectivity index (χ4v) is 3.15. The van der Waals surface area contributed by atoms with E-state index in [4.69, 9.17) is 14.7 Å². The van der Waals surface area contributed by atoms with Crippen LogP contribution in [-0.4, -0.2) is 48.5 Å². The molecule has 1 aliphatic rings. The molecule has 1 heterocycles. The van der Waals surface area contributed by atoms with Gasteiger partial charge in [-0.2, -0.15) is 5.26 Å². The predicted octanol–water partition coefficient (Wildman–Crippen LogP) is 4.15. The van der Waals surface area contributed by atoms with Crippen LogP contribution in [0.5, 0.6) is 5.75 Å². The van der Waals surface area contributed by atoms with Gasteiger partial charge in [0.2, 0.25) is 0 Å². The lowest BCUT2D eigenvalue weighted by molar-refractivity contribution is -0.0849. The van der Waals surface area contributed by atoms with Crippen molar-refractivity contribution in [3.63, 3.8) is 0 Å². The second-order valence-corrected chi connectivity index (χ2v) is 7.72. The van der Waals surface area contributed by atoms with Crippen molar-refractivity contribution in [2.75, 3.05) is 20.2 Å². The predicted molar refractivity (Wildman–Crippen MR) is 97.7 cm³/mol. The zero-order valence-electron chi connectivity index (χ0n) is 16.4. The summed E-state index contributed by atoms with van der Waals surface area (Å²) in [6, 6.07) is 6.03. The Balaban J connectivity index is 2.22. The van der Waals surface area contributed by atoms with Gasteiger partial charge in [0.15, 0.2) is 5.78 Å². The molecule has 1 saturated heterocycles. The van der Waals surface area contributed by atoms with E-state index in [-0.39, 0.29) is 30.7 Å². The first-order valence-corrected chi connectivity index (χ1v) is 8.92. The fourth-order valence-electron chi connectivity index (χ4n) is 3.15. The molecule has 6 nitrogen and oxygen atoms in total. The number of likely N-dealkylation sites (tertiary alicyclic amines) is 1. The molecule has 28 heavy (non-hydrogen) atoms. The van der Waals surface area contributed by atoms with E-state index < -0.39 is 35.9 Å². The average Bonchev–Trinajstić information content (AvgIpc) is 2.59. The molecule has 1 aromatic rings. The van der Waals surface area contributed by atoms with Gasteiger partial charge in [-0.25, -0.2) is 13.6 Å². The minimum Gasteiger partial charge on any atom is -0.496 e. The number of ketones is 1. The van der Waals surface area contributed by atoms with E-state index in [1.165, 1.54) is 25.3 Å². The summed E-state index contributed by atoms with van der Waals surface area (Å²) in [6.45, 7) is 4.42. The summed E-state index contributed by atoms with van der Waals surface area (Å²) in [6.07, 6.45) is -1.04. The van der Waals surface area contributed by atoms with Crippen LogP contribution in [0.25, 0.3) is 0 Å². The van der Waals surface area contributed by atoms with Gasteiger partial charge >= 0.3 is 6.09 Å². The number of halogens is 2. The number of nitriles is 1. The second kappa shape index (κ2) is 8.13. The Morgan fingerprint density at radius 1 is 1.36 bits per heavy atom. The molecule has 0 N–H and O–H groups in total. The molecule has 152 valence electrons. The molecule has 2 rings (SSSR count). The quantitative estimate of drug-likeness (QED) is 0.717. The van der Waals surface area contributed by atoms with E-state index in [0.717, 1.165) is 4.90 Å². The molecule has 1 unspecified atom stereocenters. The number of alkyl halides is 2. The molecule has 1 amide bonds. The Morgan fingerprint density at radius 3 is 2.57 bits per heavy atom. The van der Waals surface area contributed by atoms with Crippen molar-refractivity contribution in [1.29, 1.82) is 5.26 Å². The summed E-state index contributed by atoms with van der Waals surface area (Å²) >= 11 is 0. The lowest BCUT2D eigenvalue weighted by Crippen LogP contribution is -2.50. The zero-order valence-corrected chi connectivity index (χ0v) is 16.4. The van der Waals surface area contributed by atoms with Crippen LogP contribution in [0.3, 0.4) is 0 Å². The number of piperidine rings is 1. The van der Waals surface area contributed by atoms with Crippen LogP contribution in [-0.2, 0) is 4.74 Å². The molecule has 1 aromatic carbocycles. The molecule has 0 aliphatic carbocycles. The lowest BCUT2D eigenvalue weighted by Gasteiger charge is -2.39. The highest BCUT2D eigenvalue weighted by molar-refractivity contribution is 5.99. The van der Waals surface area contributed by atoms with E-state index in [9.17, 15) is 18.4 Å². The van der Waals surface area contributed by atoms with E-state index in [2.05, 4.69) is 0 Å². The lowest BCUT2D eigenvalue weighted by atomic mass is 9.85. The van der Waals surface area contributed by atoms with Gasteiger partial charge in [-0.3, -0.25) is 4.79 Å². The van der Waals surface area contributed by atoms with Crippen molar-refractivity contribution in [3.05, 3.63) is 29.3 Å². The van der Waals surface area contributed by atoms with Gasteiger partial charge in [0.1, 0.15) is 11.4 Å². The topological polar surface area (TPSA) is 79.6 Å². The number of Topliss-reactive ketones (excluding diaryl/α,β-unsaturated/α-hetero) is 1. The van der Waals surface area contributed by atoms with Crippen LogP contribution in [0.2, 0.25) is 0 Å². The minimum atomic E-state index is -3.17. The Hall–Kier alpha value is -2.69. The number of rotatable bonds is 4. The normalized spacial score (nSPS) is 18.9. The van der Waals surface area contributed by atoms with Gasteiger partial charge in [-0.1, -0.05) is 6.07 Å². The number of amides is 1. The third-order valence-corrected chi connectivity index (χ3v) is 4.42. The number of ether oxygens (including phenoxy) is 2. The van der Waals surface area contributed by atoms with Gasteiger partial charge in [0.05, 0.1) is 37.6 Å². The SMILES string of the molecule is COc1cc(C2CCN(C(=O)OC(C)(C)C)CC2(F)F)ccc1C(=O)CC#N. The second-order valence-electron chi connectivity index (χ2n) is 7.72. The van der Waals surface area contributed by atoms with Gasteiger partial charge in [0, 0.05) is 6.54 Å². The van der Waals surface area contributed by atoms with E-state index >= 15 is 0 Å². The molecular weight excluding hydrogens is 370 g/mol. The van der Waals surface area contributed by atoms with Crippen molar-refractivity contribution in [2.24, 2.45) is 0 Å². The molecular formula is C20H24F2N2O4. The van der Waals surface area contributed by atoms with Gasteiger partial charge in [0.25, 0.3) is 5.92 Å². The van der Waals surface area contributed by atoms with Crippen molar-refractivity contribution in [1.82, 2.24) is 4.90 Å². The maximum Gasteiger partial charge on any atom is 0.410 e. The summed E-state index contributed by atoms with van der Waals surface area (Å²) in [5, 5.41) is 8.68. The summed E-state index contributed by atoms with van der Waals surface area (Å²) in [4.78, 5) is 25.1. The number of nitrogens with zero attached hydrogens (tertiary/aromatic N) is 2. The highest BCUT2D eigenvalue weighted by Gasteiger charge is 2.47. The van der Waals surface area contributed by atoms with Crippen LogP contribution in [0, 0.1) is 11.3 Å².